The Balaban J connectivity index is 1.53. The van der Waals surface area contributed by atoms with Crippen molar-refractivity contribution in [3.63, 3.8) is 0 Å². The molecule has 6 heteroatoms. The second-order valence-electron chi connectivity index (χ2n) is 6.70. The zero-order valence-corrected chi connectivity index (χ0v) is 16.1. The number of nitrogens with one attached hydrogen (secondary N) is 1. The third-order valence-electron chi connectivity index (χ3n) is 4.81. The monoisotopic (exact) mass is 390 g/mol. The van der Waals surface area contributed by atoms with Crippen LogP contribution in [0.3, 0.4) is 0 Å². The summed E-state index contributed by atoms with van der Waals surface area (Å²) < 4.78 is 19.5. The third kappa shape index (κ3) is 5.21. The maximum Gasteiger partial charge on any atom is 0.227 e. The number of amides is 1. The molecular weight excluding hydrogens is 367 g/mol. The lowest BCUT2D eigenvalue weighted by atomic mass is 9.95. The maximum atomic E-state index is 14.0. The summed E-state index contributed by atoms with van der Waals surface area (Å²) >= 11 is 5.80. The topological polar surface area (TPSA) is 41.6 Å². The number of carbonyl (C=O) groups is 1. The molecule has 1 aliphatic heterocycles. The number of hydrogen-bond acceptors (Lipinski definition) is 3. The minimum atomic E-state index is -0.283. The van der Waals surface area contributed by atoms with Crippen molar-refractivity contribution in [2.75, 3.05) is 25.0 Å². The molecule has 1 heterocycles. The van der Waals surface area contributed by atoms with Crippen LogP contribution in [0.1, 0.15) is 25.3 Å². The van der Waals surface area contributed by atoms with Gasteiger partial charge in [-0.1, -0.05) is 29.8 Å². The first-order chi connectivity index (χ1) is 13.1. The predicted molar refractivity (Wildman–Crippen MR) is 106 cm³/mol. The van der Waals surface area contributed by atoms with Crippen LogP contribution >= 0.6 is 11.6 Å². The molecule has 0 atom stereocenters. The van der Waals surface area contributed by atoms with Crippen molar-refractivity contribution in [1.29, 1.82) is 0 Å². The van der Waals surface area contributed by atoms with Crippen molar-refractivity contribution in [2.45, 2.75) is 26.3 Å². The van der Waals surface area contributed by atoms with Gasteiger partial charge in [-0.25, -0.2) is 4.39 Å². The van der Waals surface area contributed by atoms with E-state index in [9.17, 15) is 9.18 Å². The third-order valence-corrected chi connectivity index (χ3v) is 5.05. The molecule has 1 saturated heterocycles. The van der Waals surface area contributed by atoms with E-state index in [1.807, 2.05) is 31.2 Å². The van der Waals surface area contributed by atoms with Crippen molar-refractivity contribution in [3.8, 4) is 5.75 Å². The molecule has 27 heavy (non-hydrogen) atoms. The van der Waals surface area contributed by atoms with Gasteiger partial charge in [0.2, 0.25) is 5.91 Å². The number of hydrogen-bond donors (Lipinski definition) is 1. The van der Waals surface area contributed by atoms with Gasteiger partial charge in [0.15, 0.2) is 0 Å². The predicted octanol–water partition coefficient (Wildman–Crippen LogP) is 4.73. The summed E-state index contributed by atoms with van der Waals surface area (Å²) in [7, 11) is 0. The minimum Gasteiger partial charge on any atom is -0.492 e. The molecular formula is C21H24ClFN2O2. The average molecular weight is 391 g/mol. The first-order valence-corrected chi connectivity index (χ1v) is 9.63. The van der Waals surface area contributed by atoms with Crippen LogP contribution < -0.4 is 10.1 Å². The molecule has 3 rings (SSSR count). The summed E-state index contributed by atoms with van der Waals surface area (Å²) in [5, 5.41) is 3.39. The molecule has 1 amide bonds. The Morgan fingerprint density at radius 3 is 2.70 bits per heavy atom. The van der Waals surface area contributed by atoms with E-state index < -0.39 is 0 Å². The van der Waals surface area contributed by atoms with Crippen molar-refractivity contribution in [2.24, 2.45) is 5.92 Å². The van der Waals surface area contributed by atoms with Gasteiger partial charge in [0.25, 0.3) is 0 Å². The van der Waals surface area contributed by atoms with Crippen molar-refractivity contribution >= 4 is 23.2 Å². The SMILES string of the molecule is CCOc1ccccc1NC(=O)C1CCN(Cc2ccc(Cl)cc2F)CC1. The Bertz CT molecular complexity index is 792. The van der Waals surface area contributed by atoms with E-state index in [2.05, 4.69) is 10.2 Å². The molecule has 0 saturated carbocycles. The second kappa shape index (κ2) is 9.20. The van der Waals surface area contributed by atoms with Gasteiger partial charge in [-0.05, 0) is 57.1 Å². The fourth-order valence-corrected chi connectivity index (χ4v) is 3.49. The van der Waals surface area contributed by atoms with Crippen LogP contribution in [0.5, 0.6) is 5.75 Å². The standard InChI is InChI=1S/C21H24ClFN2O2/c1-2-27-20-6-4-3-5-19(20)24-21(26)15-9-11-25(12-10-15)14-16-7-8-17(22)13-18(16)23/h3-8,13,15H,2,9-12,14H2,1H3,(H,24,26). The highest BCUT2D eigenvalue weighted by Crippen LogP contribution is 2.27. The van der Waals surface area contributed by atoms with E-state index in [1.165, 1.54) is 6.07 Å². The molecule has 0 unspecified atom stereocenters. The molecule has 0 aromatic heterocycles. The summed E-state index contributed by atoms with van der Waals surface area (Å²) in [6.45, 7) is 4.51. The number of nitrogens with zero attached hydrogens (tertiary/aromatic N) is 1. The molecule has 0 spiro atoms. The molecule has 2 aromatic rings. The fourth-order valence-electron chi connectivity index (χ4n) is 3.33. The van der Waals surface area contributed by atoms with Crippen LogP contribution in [0, 0.1) is 11.7 Å². The quantitative estimate of drug-likeness (QED) is 0.775. The van der Waals surface area contributed by atoms with E-state index in [-0.39, 0.29) is 17.6 Å². The van der Waals surface area contributed by atoms with Crippen LogP contribution in [0.2, 0.25) is 5.02 Å². The lowest BCUT2D eigenvalue weighted by molar-refractivity contribution is -0.121. The Morgan fingerprint density at radius 2 is 2.00 bits per heavy atom. The number of halogens is 2. The van der Waals surface area contributed by atoms with E-state index in [1.54, 1.807) is 12.1 Å². The number of benzene rings is 2. The van der Waals surface area contributed by atoms with E-state index in [0.29, 0.717) is 35.2 Å². The van der Waals surface area contributed by atoms with Crippen LogP contribution in [0.15, 0.2) is 42.5 Å². The minimum absolute atomic E-state index is 0.0134. The number of ether oxygens (including phenoxy) is 1. The van der Waals surface area contributed by atoms with Crippen molar-refractivity contribution < 1.29 is 13.9 Å². The van der Waals surface area contributed by atoms with Gasteiger partial charge in [-0.2, -0.15) is 0 Å². The van der Waals surface area contributed by atoms with E-state index >= 15 is 0 Å². The van der Waals surface area contributed by atoms with E-state index in [0.717, 1.165) is 25.9 Å². The number of rotatable bonds is 6. The zero-order valence-electron chi connectivity index (χ0n) is 15.4. The summed E-state index contributed by atoms with van der Waals surface area (Å²) in [6, 6.07) is 12.2. The van der Waals surface area contributed by atoms with Gasteiger partial charge < -0.3 is 10.1 Å². The summed E-state index contributed by atoms with van der Waals surface area (Å²) in [5.74, 6) is 0.365. The molecule has 1 N–H and O–H groups in total. The largest absolute Gasteiger partial charge is 0.492 e. The summed E-state index contributed by atoms with van der Waals surface area (Å²) in [6.07, 6.45) is 1.50. The highest BCUT2D eigenvalue weighted by molar-refractivity contribution is 6.30. The normalized spacial score (nSPS) is 15.5. The second-order valence-corrected chi connectivity index (χ2v) is 7.14. The van der Waals surface area contributed by atoms with Gasteiger partial charge in [-0.15, -0.1) is 0 Å². The Kier molecular flexibility index (Phi) is 6.69. The Labute approximate surface area is 164 Å². The molecule has 1 aliphatic rings. The summed E-state index contributed by atoms with van der Waals surface area (Å²) in [4.78, 5) is 14.8. The zero-order chi connectivity index (χ0) is 19.2. The van der Waals surface area contributed by atoms with Gasteiger partial charge in [0, 0.05) is 23.0 Å². The van der Waals surface area contributed by atoms with Crippen LogP contribution in [-0.2, 0) is 11.3 Å². The highest BCUT2D eigenvalue weighted by atomic mass is 35.5. The first kappa shape index (κ1) is 19.6. The number of anilines is 1. The molecule has 0 aliphatic carbocycles. The number of likely N-dealkylation sites (tertiary alicyclic amines) is 1. The average Bonchev–Trinajstić information content (AvgIpc) is 2.66. The Hall–Kier alpha value is -2.11. The van der Waals surface area contributed by atoms with Crippen molar-refractivity contribution in [1.82, 2.24) is 4.90 Å². The van der Waals surface area contributed by atoms with E-state index in [4.69, 9.17) is 16.3 Å². The Morgan fingerprint density at radius 1 is 1.26 bits per heavy atom. The lowest BCUT2D eigenvalue weighted by Crippen LogP contribution is -2.38. The molecule has 2 aromatic carbocycles. The lowest BCUT2D eigenvalue weighted by Gasteiger charge is -2.31. The van der Waals surface area contributed by atoms with Crippen molar-refractivity contribution in [3.05, 3.63) is 58.9 Å². The van der Waals surface area contributed by atoms with Crippen LogP contribution in [0.4, 0.5) is 10.1 Å². The smallest absolute Gasteiger partial charge is 0.227 e. The number of carbonyl (C=O) groups excluding carboxylic acids is 1. The number of para-hydroxylation sites is 2. The van der Waals surface area contributed by atoms with Crippen LogP contribution in [0.25, 0.3) is 0 Å². The maximum absolute atomic E-state index is 14.0. The van der Waals surface area contributed by atoms with Gasteiger partial charge in [-0.3, -0.25) is 9.69 Å². The molecule has 4 nitrogen and oxygen atoms in total. The van der Waals surface area contributed by atoms with Gasteiger partial charge in [0.05, 0.1) is 12.3 Å². The molecule has 1 fully saturated rings. The van der Waals surface area contributed by atoms with Gasteiger partial charge in [0.1, 0.15) is 11.6 Å². The highest BCUT2D eigenvalue weighted by Gasteiger charge is 2.26. The van der Waals surface area contributed by atoms with Gasteiger partial charge >= 0.3 is 0 Å². The van der Waals surface area contributed by atoms with Crippen LogP contribution in [-0.4, -0.2) is 30.5 Å². The number of piperidine rings is 1. The molecule has 0 radical (unpaired) electrons. The molecule has 0 bridgehead atoms. The first-order valence-electron chi connectivity index (χ1n) is 9.25. The fraction of sp³-hybridized carbons (Fsp3) is 0.381. The summed E-state index contributed by atoms with van der Waals surface area (Å²) in [5.41, 5.74) is 1.34. The molecule has 144 valence electrons.